The fraction of sp³-hybridized carbons (Fsp3) is 0.455. The Morgan fingerprint density at radius 2 is 2.47 bits per heavy atom. The van der Waals surface area contributed by atoms with Crippen molar-refractivity contribution >= 4 is 23.4 Å². The highest BCUT2D eigenvalue weighted by molar-refractivity contribution is 6.30. The molecule has 0 radical (unpaired) electrons. The SMILES string of the molecule is CCC[C@H]1CN(c2ncc(Cl)cc2F)C(=O)N1. The minimum absolute atomic E-state index is 0.0329. The van der Waals surface area contributed by atoms with E-state index in [-0.39, 0.29) is 22.9 Å². The average Bonchev–Trinajstić information content (AvgIpc) is 2.60. The second kappa shape index (κ2) is 4.87. The van der Waals surface area contributed by atoms with E-state index in [4.69, 9.17) is 11.6 Å². The number of urea groups is 1. The molecule has 17 heavy (non-hydrogen) atoms. The Balaban J connectivity index is 2.20. The highest BCUT2D eigenvalue weighted by Crippen LogP contribution is 2.22. The molecule has 2 amide bonds. The Kier molecular flexibility index (Phi) is 3.47. The molecule has 1 aliphatic rings. The van der Waals surface area contributed by atoms with Gasteiger partial charge in [-0.15, -0.1) is 0 Å². The van der Waals surface area contributed by atoms with E-state index >= 15 is 0 Å². The van der Waals surface area contributed by atoms with Gasteiger partial charge in [-0.3, -0.25) is 4.90 Å². The number of pyridine rings is 1. The molecule has 2 heterocycles. The smallest absolute Gasteiger partial charge is 0.323 e. The van der Waals surface area contributed by atoms with Gasteiger partial charge in [-0.05, 0) is 12.5 Å². The lowest BCUT2D eigenvalue weighted by Gasteiger charge is -2.14. The summed E-state index contributed by atoms with van der Waals surface area (Å²) < 4.78 is 13.6. The summed E-state index contributed by atoms with van der Waals surface area (Å²) >= 11 is 5.62. The van der Waals surface area contributed by atoms with Crippen LogP contribution < -0.4 is 10.2 Å². The highest BCUT2D eigenvalue weighted by atomic mass is 35.5. The van der Waals surface area contributed by atoms with Crippen LogP contribution in [0.3, 0.4) is 0 Å². The zero-order valence-electron chi connectivity index (χ0n) is 9.41. The minimum atomic E-state index is -0.579. The van der Waals surface area contributed by atoms with Gasteiger partial charge in [0, 0.05) is 18.8 Å². The summed E-state index contributed by atoms with van der Waals surface area (Å²) in [4.78, 5) is 16.8. The molecule has 0 spiro atoms. The number of halogens is 2. The Bertz CT molecular complexity index is 441. The van der Waals surface area contributed by atoms with E-state index in [0.717, 1.165) is 18.9 Å². The second-order valence-electron chi connectivity index (χ2n) is 4.00. The van der Waals surface area contributed by atoms with Crippen molar-refractivity contribution in [2.75, 3.05) is 11.4 Å². The predicted molar refractivity (Wildman–Crippen MR) is 63.8 cm³/mol. The van der Waals surface area contributed by atoms with Crippen molar-refractivity contribution in [2.45, 2.75) is 25.8 Å². The van der Waals surface area contributed by atoms with Gasteiger partial charge in [0.05, 0.1) is 5.02 Å². The van der Waals surface area contributed by atoms with Gasteiger partial charge in [0.25, 0.3) is 0 Å². The van der Waals surface area contributed by atoms with Gasteiger partial charge in [0.15, 0.2) is 11.6 Å². The molecule has 2 rings (SSSR count). The number of nitrogens with one attached hydrogen (secondary N) is 1. The predicted octanol–water partition coefficient (Wildman–Crippen LogP) is 2.57. The molecule has 1 N–H and O–H groups in total. The molecule has 1 aromatic rings. The number of carbonyl (C=O) groups is 1. The maximum atomic E-state index is 13.6. The lowest BCUT2D eigenvalue weighted by Crippen LogP contribution is -2.29. The molecular weight excluding hydrogens is 245 g/mol. The van der Waals surface area contributed by atoms with Crippen molar-refractivity contribution in [3.8, 4) is 0 Å². The first kappa shape index (κ1) is 12.1. The summed E-state index contributed by atoms with van der Waals surface area (Å²) in [5, 5.41) is 3.01. The van der Waals surface area contributed by atoms with Crippen LogP contribution in [-0.4, -0.2) is 23.6 Å². The van der Waals surface area contributed by atoms with Crippen LogP contribution in [0.2, 0.25) is 5.02 Å². The van der Waals surface area contributed by atoms with E-state index < -0.39 is 5.82 Å². The van der Waals surface area contributed by atoms with Gasteiger partial charge in [0.2, 0.25) is 0 Å². The zero-order valence-corrected chi connectivity index (χ0v) is 10.2. The molecule has 92 valence electrons. The van der Waals surface area contributed by atoms with E-state index in [2.05, 4.69) is 10.3 Å². The topological polar surface area (TPSA) is 45.2 Å². The van der Waals surface area contributed by atoms with Gasteiger partial charge < -0.3 is 5.32 Å². The fourth-order valence-corrected chi connectivity index (χ4v) is 2.05. The standard InChI is InChI=1S/C11H13ClFN3O/c1-2-3-8-6-16(11(17)15-8)10-9(13)4-7(12)5-14-10/h4-5,8H,2-3,6H2,1H3,(H,15,17)/t8-/m0/s1. The summed E-state index contributed by atoms with van der Waals surface area (Å²) in [5.41, 5.74) is 0. The van der Waals surface area contributed by atoms with Crippen molar-refractivity contribution in [2.24, 2.45) is 0 Å². The number of carbonyl (C=O) groups excluding carboxylic acids is 1. The third kappa shape index (κ3) is 2.49. The van der Waals surface area contributed by atoms with Crippen molar-refractivity contribution in [3.05, 3.63) is 23.1 Å². The van der Waals surface area contributed by atoms with Gasteiger partial charge >= 0.3 is 6.03 Å². The molecule has 6 heteroatoms. The highest BCUT2D eigenvalue weighted by Gasteiger charge is 2.31. The number of nitrogens with zero attached hydrogens (tertiary/aromatic N) is 2. The first-order valence-corrected chi connectivity index (χ1v) is 5.88. The summed E-state index contributed by atoms with van der Waals surface area (Å²) in [7, 11) is 0. The number of anilines is 1. The van der Waals surface area contributed by atoms with E-state index in [1.54, 1.807) is 0 Å². The van der Waals surface area contributed by atoms with E-state index in [1.165, 1.54) is 11.1 Å². The molecule has 1 aromatic heterocycles. The first-order chi connectivity index (χ1) is 8.11. The van der Waals surface area contributed by atoms with Crippen LogP contribution in [-0.2, 0) is 0 Å². The van der Waals surface area contributed by atoms with Gasteiger partial charge in [0.1, 0.15) is 0 Å². The van der Waals surface area contributed by atoms with Crippen LogP contribution in [0.15, 0.2) is 12.3 Å². The molecule has 0 aromatic carbocycles. The van der Waals surface area contributed by atoms with E-state index in [9.17, 15) is 9.18 Å². The lowest BCUT2D eigenvalue weighted by molar-refractivity contribution is 0.250. The monoisotopic (exact) mass is 257 g/mol. The van der Waals surface area contributed by atoms with Gasteiger partial charge in [-0.25, -0.2) is 14.2 Å². The van der Waals surface area contributed by atoms with E-state index in [1.807, 2.05) is 6.92 Å². The maximum Gasteiger partial charge on any atom is 0.323 e. The Hall–Kier alpha value is -1.36. The zero-order chi connectivity index (χ0) is 12.4. The molecule has 0 aliphatic carbocycles. The molecular formula is C11H13ClFN3O. The number of hydrogen-bond donors (Lipinski definition) is 1. The number of rotatable bonds is 3. The summed E-state index contributed by atoms with van der Waals surface area (Å²) in [5.74, 6) is -0.546. The second-order valence-corrected chi connectivity index (χ2v) is 4.44. The quantitative estimate of drug-likeness (QED) is 0.905. The summed E-state index contributed by atoms with van der Waals surface area (Å²) in [6.07, 6.45) is 3.17. The number of hydrogen-bond acceptors (Lipinski definition) is 2. The molecule has 4 nitrogen and oxygen atoms in total. The molecule has 1 fully saturated rings. The van der Waals surface area contributed by atoms with Crippen LogP contribution in [0.4, 0.5) is 15.0 Å². The molecule has 1 saturated heterocycles. The van der Waals surface area contributed by atoms with Crippen molar-refractivity contribution < 1.29 is 9.18 Å². The first-order valence-electron chi connectivity index (χ1n) is 5.51. The van der Waals surface area contributed by atoms with Crippen LogP contribution in [0.1, 0.15) is 19.8 Å². The summed E-state index contributed by atoms with van der Waals surface area (Å²) in [6.45, 7) is 2.48. The normalized spacial score (nSPS) is 19.6. The van der Waals surface area contributed by atoms with Crippen molar-refractivity contribution in [1.82, 2.24) is 10.3 Å². The number of amides is 2. The van der Waals surface area contributed by atoms with Gasteiger partial charge in [-0.2, -0.15) is 0 Å². The molecule has 0 unspecified atom stereocenters. The Morgan fingerprint density at radius 3 is 3.12 bits per heavy atom. The maximum absolute atomic E-state index is 13.6. The molecule has 0 saturated carbocycles. The Morgan fingerprint density at radius 1 is 1.71 bits per heavy atom. The number of aromatic nitrogens is 1. The van der Waals surface area contributed by atoms with Crippen LogP contribution >= 0.6 is 11.6 Å². The third-order valence-electron chi connectivity index (χ3n) is 2.66. The van der Waals surface area contributed by atoms with E-state index in [0.29, 0.717) is 6.54 Å². The van der Waals surface area contributed by atoms with Crippen LogP contribution in [0.5, 0.6) is 0 Å². The Labute approximate surface area is 104 Å². The molecule has 0 bridgehead atoms. The summed E-state index contributed by atoms with van der Waals surface area (Å²) in [6, 6.07) is 0.908. The molecule has 1 aliphatic heterocycles. The average molecular weight is 258 g/mol. The van der Waals surface area contributed by atoms with Crippen molar-refractivity contribution in [3.63, 3.8) is 0 Å². The largest absolute Gasteiger partial charge is 0.333 e. The lowest BCUT2D eigenvalue weighted by atomic mass is 10.2. The van der Waals surface area contributed by atoms with Crippen molar-refractivity contribution in [1.29, 1.82) is 0 Å². The van der Waals surface area contributed by atoms with Gasteiger partial charge in [-0.1, -0.05) is 24.9 Å². The minimum Gasteiger partial charge on any atom is -0.333 e. The molecule has 1 atom stereocenters. The van der Waals surface area contributed by atoms with Crippen LogP contribution in [0, 0.1) is 5.82 Å². The third-order valence-corrected chi connectivity index (χ3v) is 2.86. The fourth-order valence-electron chi connectivity index (χ4n) is 1.90. The van der Waals surface area contributed by atoms with Crippen LogP contribution in [0.25, 0.3) is 0 Å².